The molecule has 0 bridgehead atoms. The van der Waals surface area contributed by atoms with Gasteiger partial charge in [-0.05, 0) is 49.3 Å². The minimum atomic E-state index is -0.298. The van der Waals surface area contributed by atoms with E-state index in [-0.39, 0.29) is 5.82 Å². The third-order valence-electron chi connectivity index (χ3n) is 4.61. The van der Waals surface area contributed by atoms with Gasteiger partial charge in [0.15, 0.2) is 5.82 Å². The molecule has 1 fully saturated rings. The van der Waals surface area contributed by atoms with Gasteiger partial charge in [0.25, 0.3) is 0 Å². The molecule has 0 saturated heterocycles. The van der Waals surface area contributed by atoms with Crippen molar-refractivity contribution in [2.24, 2.45) is 0 Å². The topological polar surface area (TPSA) is 49.8 Å². The summed E-state index contributed by atoms with van der Waals surface area (Å²) in [5.74, 6) is 0.396. The summed E-state index contributed by atoms with van der Waals surface area (Å²) in [6, 6.07) is 18.6. The lowest BCUT2D eigenvalue weighted by atomic mass is 10.2. The first-order valence-corrected chi connectivity index (χ1v) is 9.20. The van der Waals surface area contributed by atoms with Crippen molar-refractivity contribution in [1.29, 1.82) is 5.26 Å². The monoisotopic (exact) mass is 379 g/mol. The van der Waals surface area contributed by atoms with Crippen LogP contribution in [0.15, 0.2) is 54.6 Å². The minimum absolute atomic E-state index is 0.298. The van der Waals surface area contributed by atoms with Gasteiger partial charge < -0.3 is 0 Å². The Morgan fingerprint density at radius 3 is 2.48 bits per heavy atom. The molecular weight excluding hydrogens is 361 g/mol. The van der Waals surface area contributed by atoms with Crippen LogP contribution in [0.5, 0.6) is 0 Å². The van der Waals surface area contributed by atoms with Crippen LogP contribution in [0.3, 0.4) is 0 Å². The Labute approximate surface area is 161 Å². The summed E-state index contributed by atoms with van der Waals surface area (Å²) in [5.41, 5.74) is 1.68. The van der Waals surface area contributed by atoms with Gasteiger partial charge in [-0.25, -0.2) is 9.07 Å². The van der Waals surface area contributed by atoms with Gasteiger partial charge in [-0.15, -0.1) is 5.10 Å². The average Bonchev–Trinajstić information content (AvgIpc) is 3.48. The van der Waals surface area contributed by atoms with E-state index in [4.69, 9.17) is 22.6 Å². The maximum absolute atomic E-state index is 13.4. The van der Waals surface area contributed by atoms with E-state index in [2.05, 4.69) is 11.0 Å². The highest BCUT2D eigenvalue weighted by Gasteiger charge is 2.29. The summed E-state index contributed by atoms with van der Waals surface area (Å²) < 4.78 is 17.5. The van der Waals surface area contributed by atoms with Crippen LogP contribution in [0.2, 0.25) is 0 Å². The second-order valence-electron chi connectivity index (χ2n) is 6.56. The fourth-order valence-electron chi connectivity index (χ4n) is 3.09. The number of hydrogen-bond donors (Lipinski definition) is 0. The van der Waals surface area contributed by atoms with Crippen molar-refractivity contribution >= 4 is 12.2 Å². The maximum atomic E-state index is 13.4. The molecule has 1 heterocycles. The summed E-state index contributed by atoms with van der Waals surface area (Å²) in [6.07, 6.45) is 2.19. The molecule has 0 unspecified atom stereocenters. The highest BCUT2D eigenvalue weighted by atomic mass is 32.1. The smallest absolute Gasteiger partial charge is 0.204 e. The predicted molar refractivity (Wildman–Crippen MR) is 103 cm³/mol. The lowest BCUT2D eigenvalue weighted by Crippen LogP contribution is -2.29. The highest BCUT2D eigenvalue weighted by Crippen LogP contribution is 2.28. The van der Waals surface area contributed by atoms with Crippen molar-refractivity contribution in [2.45, 2.75) is 25.6 Å². The fourth-order valence-corrected chi connectivity index (χ4v) is 3.38. The third-order valence-corrected chi connectivity index (χ3v) is 5.00. The first-order chi connectivity index (χ1) is 13.2. The number of nitriles is 1. The second-order valence-corrected chi connectivity index (χ2v) is 6.93. The van der Waals surface area contributed by atoms with E-state index < -0.39 is 0 Å². The number of nitrogens with zero attached hydrogens (tertiary/aromatic N) is 5. The Bertz CT molecular complexity index is 1030. The average molecular weight is 379 g/mol. The van der Waals surface area contributed by atoms with Crippen LogP contribution < -0.4 is 0 Å². The van der Waals surface area contributed by atoms with Crippen LogP contribution in [0.4, 0.5) is 4.39 Å². The molecule has 3 aromatic rings. The lowest BCUT2D eigenvalue weighted by Gasteiger charge is -2.17. The molecule has 5 nitrogen and oxygen atoms in total. The van der Waals surface area contributed by atoms with Crippen molar-refractivity contribution in [3.63, 3.8) is 0 Å². The van der Waals surface area contributed by atoms with Gasteiger partial charge in [0, 0.05) is 11.6 Å². The normalized spacial score (nSPS) is 13.7. The molecule has 0 radical (unpaired) electrons. The molecule has 27 heavy (non-hydrogen) atoms. The molecule has 0 spiro atoms. The van der Waals surface area contributed by atoms with E-state index in [9.17, 15) is 4.39 Å². The highest BCUT2D eigenvalue weighted by molar-refractivity contribution is 7.71. The van der Waals surface area contributed by atoms with E-state index in [1.54, 1.807) is 16.8 Å². The van der Waals surface area contributed by atoms with Gasteiger partial charge in [-0.3, -0.25) is 9.47 Å². The van der Waals surface area contributed by atoms with Crippen LogP contribution >= 0.6 is 12.2 Å². The van der Waals surface area contributed by atoms with Crippen LogP contribution in [0.25, 0.3) is 17.1 Å². The Hall–Kier alpha value is -2.82. The molecule has 1 saturated carbocycles. The van der Waals surface area contributed by atoms with Crippen LogP contribution in [0.1, 0.15) is 12.8 Å². The van der Waals surface area contributed by atoms with E-state index in [1.807, 2.05) is 34.9 Å². The van der Waals surface area contributed by atoms with Crippen LogP contribution in [-0.2, 0) is 6.67 Å². The summed E-state index contributed by atoms with van der Waals surface area (Å²) >= 11 is 5.70. The fraction of sp³-hybridized carbons (Fsp3) is 0.250. The lowest BCUT2D eigenvalue weighted by molar-refractivity contribution is 0.220. The molecule has 2 aromatic carbocycles. The standard InChI is InChI=1S/C20H18FN5S/c21-16-6-8-18(9-7-16)26-19(15-4-2-1-3-5-15)23-25(20(26)27)14-24(13-12-22)17-10-11-17/h1-9,17H,10-11,13-14H2. The summed E-state index contributed by atoms with van der Waals surface area (Å²) in [6.45, 7) is 0.807. The molecule has 7 heteroatoms. The summed E-state index contributed by atoms with van der Waals surface area (Å²) in [4.78, 5) is 2.09. The van der Waals surface area contributed by atoms with E-state index in [0.29, 0.717) is 29.9 Å². The molecule has 0 amide bonds. The number of aromatic nitrogens is 3. The first-order valence-electron chi connectivity index (χ1n) is 8.79. The minimum Gasteiger partial charge on any atom is -0.268 e. The molecule has 0 aliphatic heterocycles. The molecular formula is C20H18FN5S. The van der Waals surface area contributed by atoms with E-state index in [0.717, 1.165) is 24.1 Å². The van der Waals surface area contributed by atoms with E-state index >= 15 is 0 Å². The van der Waals surface area contributed by atoms with Crippen molar-refractivity contribution in [3.05, 3.63) is 65.2 Å². The largest absolute Gasteiger partial charge is 0.268 e. The first kappa shape index (κ1) is 17.6. The predicted octanol–water partition coefficient (Wildman–Crippen LogP) is 4.15. The van der Waals surface area contributed by atoms with Gasteiger partial charge in [0.05, 0.1) is 25.0 Å². The Morgan fingerprint density at radius 1 is 1.15 bits per heavy atom. The van der Waals surface area contributed by atoms with Gasteiger partial charge >= 0.3 is 0 Å². The zero-order valence-electron chi connectivity index (χ0n) is 14.6. The number of benzene rings is 2. The van der Waals surface area contributed by atoms with Crippen molar-refractivity contribution < 1.29 is 4.39 Å². The molecule has 1 aliphatic rings. The zero-order valence-corrected chi connectivity index (χ0v) is 15.4. The molecule has 1 aliphatic carbocycles. The van der Waals surface area contributed by atoms with Gasteiger partial charge in [0.1, 0.15) is 5.82 Å². The number of halogens is 1. The van der Waals surface area contributed by atoms with Crippen LogP contribution in [-0.4, -0.2) is 31.8 Å². The number of hydrogen-bond acceptors (Lipinski definition) is 4. The Kier molecular flexibility index (Phi) is 4.84. The summed E-state index contributed by atoms with van der Waals surface area (Å²) in [5, 5.41) is 13.9. The zero-order chi connectivity index (χ0) is 18.8. The maximum Gasteiger partial charge on any atom is 0.204 e. The van der Waals surface area contributed by atoms with Gasteiger partial charge in [-0.1, -0.05) is 30.3 Å². The van der Waals surface area contributed by atoms with Gasteiger partial charge in [-0.2, -0.15) is 5.26 Å². The molecule has 136 valence electrons. The molecule has 0 N–H and O–H groups in total. The Morgan fingerprint density at radius 2 is 1.85 bits per heavy atom. The van der Waals surface area contributed by atoms with Crippen LogP contribution in [0, 0.1) is 21.9 Å². The Balaban J connectivity index is 1.81. The molecule has 4 rings (SSSR count). The molecule has 0 atom stereocenters. The van der Waals surface area contributed by atoms with Gasteiger partial charge in [0.2, 0.25) is 4.77 Å². The van der Waals surface area contributed by atoms with E-state index in [1.165, 1.54) is 12.1 Å². The van der Waals surface area contributed by atoms with Crippen molar-refractivity contribution in [2.75, 3.05) is 6.54 Å². The molecule has 1 aromatic heterocycles. The third kappa shape index (κ3) is 3.68. The summed E-state index contributed by atoms with van der Waals surface area (Å²) in [7, 11) is 0. The quantitative estimate of drug-likeness (QED) is 0.477. The second kappa shape index (κ2) is 7.43. The van der Waals surface area contributed by atoms with Crippen molar-refractivity contribution in [1.82, 2.24) is 19.2 Å². The van der Waals surface area contributed by atoms with Crippen molar-refractivity contribution in [3.8, 4) is 23.1 Å². The SMILES string of the molecule is N#CCN(Cn1nc(-c2ccccc2)n(-c2ccc(F)cc2)c1=S)C1CC1. The number of rotatable bonds is 6.